The molecule has 0 amide bonds. The minimum absolute atomic E-state index is 0.265. The van der Waals surface area contributed by atoms with Crippen LogP contribution in [0.2, 0.25) is 0 Å². The van der Waals surface area contributed by atoms with Gasteiger partial charge in [-0.1, -0.05) is 0 Å². The highest BCUT2D eigenvalue weighted by atomic mass is 19.1. The minimum atomic E-state index is -0.397. The quantitative estimate of drug-likeness (QED) is 0.842. The van der Waals surface area contributed by atoms with Crippen LogP contribution in [0.1, 0.15) is 19.3 Å². The van der Waals surface area contributed by atoms with Crippen LogP contribution in [0.3, 0.4) is 0 Å². The summed E-state index contributed by atoms with van der Waals surface area (Å²) in [5, 5.41) is 0. The molecule has 2 aliphatic rings. The molecule has 0 bridgehead atoms. The first kappa shape index (κ1) is 13.5. The van der Waals surface area contributed by atoms with E-state index in [1.807, 2.05) is 0 Å². The van der Waals surface area contributed by atoms with E-state index in [1.54, 1.807) is 6.07 Å². The Labute approximate surface area is 119 Å². The van der Waals surface area contributed by atoms with E-state index in [1.165, 1.54) is 32.6 Å². The fraction of sp³-hybridized carbons (Fsp3) is 0.600. The molecule has 2 fully saturated rings. The van der Waals surface area contributed by atoms with Crippen molar-refractivity contribution in [2.24, 2.45) is 0 Å². The molecular weight excluding hydrogens is 257 g/mol. The highest BCUT2D eigenvalue weighted by Crippen LogP contribution is 2.33. The molecule has 1 aromatic carbocycles. The Morgan fingerprint density at radius 3 is 2.85 bits per heavy atom. The topological polar surface area (TPSA) is 41.7 Å². The molecule has 1 atom stereocenters. The third kappa shape index (κ3) is 2.42. The van der Waals surface area contributed by atoms with E-state index in [2.05, 4.69) is 9.80 Å². The van der Waals surface area contributed by atoms with Gasteiger partial charge in [0.2, 0.25) is 0 Å². The molecule has 5 heteroatoms. The van der Waals surface area contributed by atoms with Gasteiger partial charge in [0, 0.05) is 37.8 Å². The Balaban J connectivity index is 1.87. The second-order valence-corrected chi connectivity index (χ2v) is 5.68. The number of nitrogens with zero attached hydrogens (tertiary/aromatic N) is 2. The molecule has 0 aromatic heterocycles. The van der Waals surface area contributed by atoms with Gasteiger partial charge in [0.15, 0.2) is 11.6 Å². The smallest absolute Gasteiger partial charge is 0.167 e. The van der Waals surface area contributed by atoms with Gasteiger partial charge in [-0.15, -0.1) is 0 Å². The number of ether oxygens (including phenoxy) is 1. The van der Waals surface area contributed by atoms with Crippen molar-refractivity contribution in [3.05, 3.63) is 17.9 Å². The number of hydrogen-bond acceptors (Lipinski definition) is 4. The third-order valence-corrected chi connectivity index (χ3v) is 4.45. The Hall–Kier alpha value is -1.49. The number of halogens is 1. The molecule has 0 radical (unpaired) electrons. The van der Waals surface area contributed by atoms with Crippen LogP contribution in [0.15, 0.2) is 12.1 Å². The van der Waals surface area contributed by atoms with Crippen molar-refractivity contribution in [1.29, 1.82) is 0 Å². The van der Waals surface area contributed by atoms with Crippen LogP contribution in [0.25, 0.3) is 0 Å². The summed E-state index contributed by atoms with van der Waals surface area (Å²) in [5.41, 5.74) is 7.41. The first-order valence-electron chi connectivity index (χ1n) is 7.31. The average Bonchev–Trinajstić information content (AvgIpc) is 2.77. The largest absolute Gasteiger partial charge is 0.494 e. The normalized spacial score (nSPS) is 23.5. The number of rotatable bonds is 2. The lowest BCUT2D eigenvalue weighted by Gasteiger charge is -2.28. The maximum absolute atomic E-state index is 13.7. The van der Waals surface area contributed by atoms with Gasteiger partial charge < -0.3 is 15.4 Å². The lowest BCUT2D eigenvalue weighted by Crippen LogP contribution is -2.36. The number of hydrogen-bond donors (Lipinski definition) is 1. The summed E-state index contributed by atoms with van der Waals surface area (Å²) < 4.78 is 18.7. The summed E-state index contributed by atoms with van der Waals surface area (Å²) >= 11 is 0. The Morgan fingerprint density at radius 1 is 1.25 bits per heavy atom. The molecule has 2 aliphatic heterocycles. The minimum Gasteiger partial charge on any atom is -0.494 e. The van der Waals surface area contributed by atoms with Crippen LogP contribution in [-0.4, -0.2) is 44.2 Å². The number of anilines is 2. The van der Waals surface area contributed by atoms with Gasteiger partial charge in [-0.25, -0.2) is 4.39 Å². The summed E-state index contributed by atoms with van der Waals surface area (Å²) in [7, 11) is 1.49. The van der Waals surface area contributed by atoms with Crippen LogP contribution in [0, 0.1) is 5.82 Å². The molecule has 4 nitrogen and oxygen atoms in total. The van der Waals surface area contributed by atoms with Gasteiger partial charge in [-0.05, 0) is 25.8 Å². The molecule has 2 saturated heterocycles. The zero-order valence-corrected chi connectivity index (χ0v) is 11.9. The second-order valence-electron chi connectivity index (χ2n) is 5.68. The lowest BCUT2D eigenvalue weighted by atomic mass is 10.1. The van der Waals surface area contributed by atoms with E-state index in [0.717, 1.165) is 31.7 Å². The van der Waals surface area contributed by atoms with Crippen molar-refractivity contribution in [2.75, 3.05) is 43.9 Å². The molecule has 110 valence electrons. The number of methoxy groups -OCH3 is 1. The van der Waals surface area contributed by atoms with Crippen LogP contribution in [0.4, 0.5) is 15.8 Å². The zero-order valence-electron chi connectivity index (χ0n) is 11.9. The second kappa shape index (κ2) is 5.48. The van der Waals surface area contributed by atoms with Gasteiger partial charge in [-0.3, -0.25) is 4.90 Å². The third-order valence-electron chi connectivity index (χ3n) is 4.45. The number of benzene rings is 1. The summed E-state index contributed by atoms with van der Waals surface area (Å²) in [4.78, 5) is 4.85. The van der Waals surface area contributed by atoms with E-state index in [4.69, 9.17) is 10.5 Å². The van der Waals surface area contributed by atoms with Crippen LogP contribution < -0.4 is 15.4 Å². The molecule has 0 saturated carbocycles. The summed E-state index contributed by atoms with van der Waals surface area (Å²) in [6.07, 6.45) is 3.64. The first-order chi connectivity index (χ1) is 9.69. The Morgan fingerprint density at radius 2 is 2.05 bits per heavy atom. The van der Waals surface area contributed by atoms with E-state index in [9.17, 15) is 4.39 Å². The van der Waals surface area contributed by atoms with Gasteiger partial charge in [0.25, 0.3) is 0 Å². The maximum atomic E-state index is 13.7. The number of fused-ring (bicyclic) bond motifs is 1. The predicted molar refractivity (Wildman–Crippen MR) is 78.8 cm³/mol. The fourth-order valence-electron chi connectivity index (χ4n) is 3.41. The first-order valence-corrected chi connectivity index (χ1v) is 7.31. The zero-order chi connectivity index (χ0) is 14.1. The van der Waals surface area contributed by atoms with Crippen molar-refractivity contribution in [2.45, 2.75) is 25.3 Å². The van der Waals surface area contributed by atoms with E-state index < -0.39 is 5.82 Å². The van der Waals surface area contributed by atoms with Gasteiger partial charge in [-0.2, -0.15) is 0 Å². The molecule has 1 aromatic rings. The van der Waals surface area contributed by atoms with Gasteiger partial charge >= 0.3 is 0 Å². The lowest BCUT2D eigenvalue weighted by molar-refractivity contribution is 0.273. The van der Waals surface area contributed by atoms with E-state index in [0.29, 0.717) is 11.7 Å². The molecule has 0 aliphatic carbocycles. The predicted octanol–water partition coefficient (Wildman–Crippen LogP) is 2.09. The molecule has 3 rings (SSSR count). The average molecular weight is 279 g/mol. The summed E-state index contributed by atoms with van der Waals surface area (Å²) in [6, 6.07) is 3.70. The number of nitrogen functional groups attached to an aromatic ring is 1. The van der Waals surface area contributed by atoms with Crippen LogP contribution in [-0.2, 0) is 0 Å². The van der Waals surface area contributed by atoms with Crippen LogP contribution >= 0.6 is 0 Å². The monoisotopic (exact) mass is 279 g/mol. The van der Waals surface area contributed by atoms with Gasteiger partial charge in [0.1, 0.15) is 0 Å². The van der Waals surface area contributed by atoms with Crippen molar-refractivity contribution >= 4 is 11.4 Å². The fourth-order valence-corrected chi connectivity index (χ4v) is 3.41. The Kier molecular flexibility index (Phi) is 3.70. The highest BCUT2D eigenvalue weighted by Gasteiger charge is 2.29. The SMILES string of the molecule is COc1cc(N2CCCN3CCCC3C2)c(N)cc1F. The van der Waals surface area contributed by atoms with Crippen molar-refractivity contribution < 1.29 is 9.13 Å². The van der Waals surface area contributed by atoms with Crippen molar-refractivity contribution in [1.82, 2.24) is 4.90 Å². The van der Waals surface area contributed by atoms with Crippen molar-refractivity contribution in [3.63, 3.8) is 0 Å². The molecule has 0 spiro atoms. The molecule has 2 heterocycles. The summed E-state index contributed by atoms with van der Waals surface area (Å²) in [6.45, 7) is 4.30. The number of nitrogens with two attached hydrogens (primary N) is 1. The van der Waals surface area contributed by atoms with Crippen molar-refractivity contribution in [3.8, 4) is 5.75 Å². The Bertz CT molecular complexity index is 494. The maximum Gasteiger partial charge on any atom is 0.167 e. The van der Waals surface area contributed by atoms with Crippen LogP contribution in [0.5, 0.6) is 5.75 Å². The van der Waals surface area contributed by atoms with Gasteiger partial charge in [0.05, 0.1) is 18.5 Å². The molecule has 2 N–H and O–H groups in total. The molecule has 20 heavy (non-hydrogen) atoms. The summed E-state index contributed by atoms with van der Waals surface area (Å²) in [5.74, 6) is -0.132. The van der Waals surface area contributed by atoms with E-state index in [-0.39, 0.29) is 5.75 Å². The molecule has 1 unspecified atom stereocenters. The van der Waals surface area contributed by atoms with E-state index >= 15 is 0 Å². The molecular formula is C15H22FN3O. The highest BCUT2D eigenvalue weighted by molar-refractivity contribution is 5.70. The standard InChI is InChI=1S/C15H22FN3O/c1-20-15-9-14(13(17)8-12(15)16)19-7-3-6-18-5-2-4-11(18)10-19/h8-9,11H,2-7,10,17H2,1H3.